The van der Waals surface area contributed by atoms with Crippen LogP contribution >= 0.6 is 11.3 Å². The minimum atomic E-state index is -0.926. The van der Waals surface area contributed by atoms with Gasteiger partial charge in [0.2, 0.25) is 5.91 Å². The Morgan fingerprint density at radius 3 is 2.52 bits per heavy atom. The largest absolute Gasteiger partial charge is 0.478 e. The fraction of sp³-hybridized carbons (Fsp3) is 0.455. The van der Waals surface area contributed by atoms with E-state index in [0.717, 1.165) is 23.4 Å². The van der Waals surface area contributed by atoms with Crippen molar-refractivity contribution in [1.82, 2.24) is 0 Å². The number of rotatable bonds is 2. The molecule has 0 saturated carbocycles. The van der Waals surface area contributed by atoms with E-state index in [-0.39, 0.29) is 22.8 Å². The second-order valence-corrected chi connectivity index (χ2v) is 9.89. The van der Waals surface area contributed by atoms with Gasteiger partial charge in [-0.2, -0.15) is 0 Å². The predicted octanol–water partition coefficient (Wildman–Crippen LogP) is 5.07. The zero-order chi connectivity index (χ0) is 19.3. The summed E-state index contributed by atoms with van der Waals surface area (Å²) in [5.74, 6) is -0.206. The van der Waals surface area contributed by atoms with Crippen molar-refractivity contribution < 1.29 is 14.7 Å². The molecule has 1 aliphatic heterocycles. The predicted molar refractivity (Wildman–Crippen MR) is 108 cm³/mol. The molecule has 0 radical (unpaired) electrons. The number of benzene rings is 1. The Bertz CT molecular complexity index is 905. The molecule has 1 aliphatic carbocycles. The average molecular weight is 384 g/mol. The number of carbonyl (C=O) groups excluding carboxylic acids is 1. The van der Waals surface area contributed by atoms with E-state index >= 15 is 0 Å². The summed E-state index contributed by atoms with van der Waals surface area (Å²) in [6, 6.07) is 7.00. The highest BCUT2D eigenvalue weighted by Gasteiger charge is 2.37. The highest BCUT2D eigenvalue weighted by atomic mass is 32.1. The zero-order valence-corrected chi connectivity index (χ0v) is 16.8. The van der Waals surface area contributed by atoms with Gasteiger partial charge in [0.05, 0.1) is 10.6 Å². The van der Waals surface area contributed by atoms with E-state index in [1.807, 2.05) is 12.1 Å². The maximum Gasteiger partial charge on any atom is 0.335 e. The molecule has 0 bridgehead atoms. The number of carbonyl (C=O) groups is 2. The lowest BCUT2D eigenvalue weighted by Crippen LogP contribution is -2.27. The van der Waals surface area contributed by atoms with Gasteiger partial charge < -0.3 is 10.4 Å². The molecule has 2 aliphatic rings. The van der Waals surface area contributed by atoms with E-state index in [0.29, 0.717) is 12.3 Å². The van der Waals surface area contributed by atoms with Crippen LogP contribution in [-0.4, -0.2) is 17.0 Å². The lowest BCUT2D eigenvalue weighted by molar-refractivity contribution is -0.116. The molecule has 0 spiro atoms. The first-order valence-electron chi connectivity index (χ1n) is 9.51. The summed E-state index contributed by atoms with van der Waals surface area (Å²) in [4.78, 5) is 24.9. The van der Waals surface area contributed by atoms with Gasteiger partial charge in [0.25, 0.3) is 0 Å². The summed E-state index contributed by atoms with van der Waals surface area (Å²) in [5, 5.41) is 13.2. The topological polar surface area (TPSA) is 66.4 Å². The van der Waals surface area contributed by atoms with Crippen molar-refractivity contribution in [3.8, 4) is 0 Å². The maximum absolute atomic E-state index is 12.3. The average Bonchev–Trinajstić information content (AvgIpc) is 2.97. The summed E-state index contributed by atoms with van der Waals surface area (Å²) < 4.78 is 0. The molecule has 27 heavy (non-hydrogen) atoms. The smallest absolute Gasteiger partial charge is 0.335 e. The highest BCUT2D eigenvalue weighted by Crippen LogP contribution is 2.50. The molecule has 5 heteroatoms. The van der Waals surface area contributed by atoms with Gasteiger partial charge in [-0.1, -0.05) is 32.9 Å². The fourth-order valence-corrected chi connectivity index (χ4v) is 5.83. The van der Waals surface area contributed by atoms with Crippen LogP contribution in [0, 0.1) is 11.3 Å². The summed E-state index contributed by atoms with van der Waals surface area (Å²) >= 11 is 1.74. The van der Waals surface area contributed by atoms with E-state index < -0.39 is 5.97 Å². The van der Waals surface area contributed by atoms with Crippen molar-refractivity contribution in [2.45, 2.75) is 52.4 Å². The number of anilines is 1. The first kappa shape index (κ1) is 18.2. The molecule has 142 valence electrons. The van der Waals surface area contributed by atoms with E-state index in [4.69, 9.17) is 5.11 Å². The van der Waals surface area contributed by atoms with Gasteiger partial charge in [-0.3, -0.25) is 4.79 Å². The Balaban J connectivity index is 1.73. The number of hydrogen-bond donors (Lipinski definition) is 2. The van der Waals surface area contributed by atoms with Crippen molar-refractivity contribution in [3.05, 3.63) is 51.4 Å². The zero-order valence-electron chi connectivity index (χ0n) is 16.0. The first-order chi connectivity index (χ1) is 12.7. The minimum absolute atomic E-state index is 0.0165. The standard InChI is InChI=1S/C22H25NO3S/c1-22(2,3)14-8-9-15-17(10-14)27-20-19(15)16(11-18(24)23-20)12-4-6-13(7-5-12)21(25)26/h4-7,14,16H,8-11H2,1-3H3,(H,23,24)(H,25,26)/t14-,16-/m0/s1. The van der Waals surface area contributed by atoms with Crippen LogP contribution in [-0.2, 0) is 17.6 Å². The molecule has 2 N–H and O–H groups in total. The molecule has 1 aromatic heterocycles. The van der Waals surface area contributed by atoms with Gasteiger partial charge in [0.1, 0.15) is 0 Å². The van der Waals surface area contributed by atoms with Crippen LogP contribution in [0.1, 0.15) is 71.5 Å². The number of fused-ring (bicyclic) bond motifs is 3. The van der Waals surface area contributed by atoms with Crippen LogP contribution in [0.25, 0.3) is 0 Å². The van der Waals surface area contributed by atoms with Crippen LogP contribution in [0.2, 0.25) is 0 Å². The molecule has 0 unspecified atom stereocenters. The summed E-state index contributed by atoms with van der Waals surface area (Å²) in [6.45, 7) is 6.93. The Hall–Kier alpha value is -2.14. The van der Waals surface area contributed by atoms with Crippen molar-refractivity contribution in [3.63, 3.8) is 0 Å². The number of carboxylic acid groups (broad SMARTS) is 1. The van der Waals surface area contributed by atoms with Gasteiger partial charge in [-0.15, -0.1) is 11.3 Å². The Morgan fingerprint density at radius 1 is 1.19 bits per heavy atom. The molecule has 0 saturated heterocycles. The quantitative estimate of drug-likeness (QED) is 0.761. The fourth-order valence-electron chi connectivity index (χ4n) is 4.42. The molecule has 0 fully saturated rings. The molecular weight excluding hydrogens is 358 g/mol. The third-order valence-corrected chi connectivity index (χ3v) is 7.27. The number of nitrogens with one attached hydrogen (secondary N) is 1. The van der Waals surface area contributed by atoms with E-state index in [1.165, 1.54) is 22.4 Å². The molecule has 4 rings (SSSR count). The van der Waals surface area contributed by atoms with Crippen LogP contribution in [0.5, 0.6) is 0 Å². The van der Waals surface area contributed by atoms with Gasteiger partial charge in [0.15, 0.2) is 0 Å². The summed E-state index contributed by atoms with van der Waals surface area (Å²) in [6.07, 6.45) is 3.74. The SMILES string of the molecule is CC(C)(C)[C@H]1CCc2c(sc3c2[C@H](c2ccc(C(=O)O)cc2)CC(=O)N3)C1. The highest BCUT2D eigenvalue weighted by molar-refractivity contribution is 7.16. The molecule has 1 amide bonds. The molecule has 2 heterocycles. The number of hydrogen-bond acceptors (Lipinski definition) is 3. The summed E-state index contributed by atoms with van der Waals surface area (Å²) in [7, 11) is 0. The third-order valence-electron chi connectivity index (χ3n) is 6.08. The summed E-state index contributed by atoms with van der Waals surface area (Å²) in [5.41, 5.74) is 4.28. The minimum Gasteiger partial charge on any atom is -0.478 e. The van der Waals surface area contributed by atoms with Crippen LogP contribution in [0.15, 0.2) is 24.3 Å². The monoisotopic (exact) mass is 383 g/mol. The van der Waals surface area contributed by atoms with Crippen LogP contribution < -0.4 is 5.32 Å². The van der Waals surface area contributed by atoms with Crippen molar-refractivity contribution in [1.29, 1.82) is 0 Å². The van der Waals surface area contributed by atoms with E-state index in [9.17, 15) is 9.59 Å². The Labute approximate surface area is 163 Å². The lowest BCUT2D eigenvalue weighted by atomic mass is 9.71. The lowest BCUT2D eigenvalue weighted by Gasteiger charge is -2.34. The molecule has 4 nitrogen and oxygen atoms in total. The van der Waals surface area contributed by atoms with Crippen LogP contribution in [0.4, 0.5) is 5.00 Å². The van der Waals surface area contributed by atoms with Crippen molar-refractivity contribution >= 4 is 28.2 Å². The van der Waals surface area contributed by atoms with Crippen molar-refractivity contribution in [2.24, 2.45) is 11.3 Å². The Kier molecular flexibility index (Phi) is 4.38. The Morgan fingerprint density at radius 2 is 1.89 bits per heavy atom. The number of aromatic carboxylic acids is 1. The number of amides is 1. The molecule has 2 atom stereocenters. The number of thiophene rings is 1. The third kappa shape index (κ3) is 3.29. The van der Waals surface area contributed by atoms with Crippen LogP contribution in [0.3, 0.4) is 0 Å². The van der Waals surface area contributed by atoms with Gasteiger partial charge in [0, 0.05) is 17.2 Å². The van der Waals surface area contributed by atoms with E-state index in [1.54, 1.807) is 23.5 Å². The second kappa shape index (κ2) is 6.48. The van der Waals surface area contributed by atoms with Gasteiger partial charge >= 0.3 is 5.97 Å². The van der Waals surface area contributed by atoms with Gasteiger partial charge in [-0.05, 0) is 59.4 Å². The molecule has 2 aromatic rings. The first-order valence-corrected chi connectivity index (χ1v) is 10.3. The second-order valence-electron chi connectivity index (χ2n) is 8.78. The molecule has 1 aromatic carbocycles. The van der Waals surface area contributed by atoms with E-state index in [2.05, 4.69) is 26.1 Å². The van der Waals surface area contributed by atoms with Gasteiger partial charge in [-0.25, -0.2) is 4.79 Å². The number of carboxylic acids is 1. The maximum atomic E-state index is 12.3. The molecular formula is C22H25NO3S. The van der Waals surface area contributed by atoms with Crippen molar-refractivity contribution in [2.75, 3.05) is 5.32 Å². The normalized spacial score (nSPS) is 22.0.